The van der Waals surface area contributed by atoms with Crippen LogP contribution >= 0.6 is 0 Å². The lowest BCUT2D eigenvalue weighted by Gasteiger charge is -2.20. The van der Waals surface area contributed by atoms with Gasteiger partial charge in [0.05, 0.1) is 6.10 Å². The molecule has 0 saturated carbocycles. The summed E-state index contributed by atoms with van der Waals surface area (Å²) in [5.41, 5.74) is 6.85. The van der Waals surface area contributed by atoms with Crippen molar-refractivity contribution in [3.05, 3.63) is 35.1 Å². The van der Waals surface area contributed by atoms with Crippen molar-refractivity contribution in [3.63, 3.8) is 0 Å². The number of nitrogens with two attached hydrogens (primary N) is 1. The number of aryl methyl sites for hydroxylation is 1. The number of ether oxygens (including phenoxy) is 1. The number of nitrogens with one attached hydrogen (secondary N) is 1. The van der Waals surface area contributed by atoms with Gasteiger partial charge in [-0.25, -0.2) is 4.39 Å². The van der Waals surface area contributed by atoms with Crippen LogP contribution in [-0.2, 0) is 9.53 Å². The summed E-state index contributed by atoms with van der Waals surface area (Å²) in [6.45, 7) is 3.11. The first-order valence-corrected chi connectivity index (χ1v) is 6.48. The summed E-state index contributed by atoms with van der Waals surface area (Å²) in [6, 6.07) is 3.73. The maximum Gasteiger partial charge on any atom is 0.239 e. The smallest absolute Gasteiger partial charge is 0.239 e. The first-order valence-electron chi connectivity index (χ1n) is 6.48. The Morgan fingerprint density at radius 1 is 1.63 bits per heavy atom. The van der Waals surface area contributed by atoms with Crippen molar-refractivity contribution < 1.29 is 13.9 Å². The largest absolute Gasteiger partial charge is 0.377 e. The second kappa shape index (κ2) is 6.12. The average molecular weight is 266 g/mol. The molecule has 5 heteroatoms. The predicted molar refractivity (Wildman–Crippen MR) is 70.0 cm³/mol. The monoisotopic (exact) mass is 266 g/mol. The van der Waals surface area contributed by atoms with Gasteiger partial charge in [-0.1, -0.05) is 6.07 Å². The first kappa shape index (κ1) is 14.0. The lowest BCUT2D eigenvalue weighted by molar-refractivity contribution is -0.120. The summed E-state index contributed by atoms with van der Waals surface area (Å²) in [4.78, 5) is 11.6. The third kappa shape index (κ3) is 3.52. The molecule has 1 aromatic rings. The molecule has 19 heavy (non-hydrogen) atoms. The Labute approximate surface area is 112 Å². The van der Waals surface area contributed by atoms with Crippen molar-refractivity contribution in [3.8, 4) is 0 Å². The second-order valence-corrected chi connectivity index (χ2v) is 4.88. The highest BCUT2D eigenvalue weighted by Crippen LogP contribution is 2.19. The zero-order valence-electron chi connectivity index (χ0n) is 11.0. The summed E-state index contributed by atoms with van der Waals surface area (Å²) in [7, 11) is 0. The van der Waals surface area contributed by atoms with Gasteiger partial charge < -0.3 is 10.5 Å². The molecule has 104 valence electrons. The van der Waals surface area contributed by atoms with E-state index >= 15 is 0 Å². The van der Waals surface area contributed by atoms with E-state index in [2.05, 4.69) is 5.32 Å². The Hall–Kier alpha value is -1.46. The van der Waals surface area contributed by atoms with E-state index in [1.165, 1.54) is 12.1 Å². The van der Waals surface area contributed by atoms with Gasteiger partial charge in [0.1, 0.15) is 11.9 Å². The van der Waals surface area contributed by atoms with E-state index in [0.29, 0.717) is 17.7 Å². The number of primary amides is 1. The molecule has 1 amide bonds. The van der Waals surface area contributed by atoms with Crippen LogP contribution in [0.1, 0.15) is 30.0 Å². The number of benzene rings is 1. The second-order valence-electron chi connectivity index (χ2n) is 4.88. The topological polar surface area (TPSA) is 64.3 Å². The van der Waals surface area contributed by atoms with Crippen LogP contribution in [0.3, 0.4) is 0 Å². The van der Waals surface area contributed by atoms with Crippen LogP contribution in [0.25, 0.3) is 0 Å². The van der Waals surface area contributed by atoms with Crippen LogP contribution < -0.4 is 11.1 Å². The van der Waals surface area contributed by atoms with E-state index in [1.807, 2.05) is 0 Å². The molecule has 0 aliphatic carbocycles. The van der Waals surface area contributed by atoms with E-state index in [0.717, 1.165) is 19.4 Å². The maximum atomic E-state index is 13.1. The summed E-state index contributed by atoms with van der Waals surface area (Å²) in [5, 5.41) is 3.12. The van der Waals surface area contributed by atoms with Crippen LogP contribution in [0.2, 0.25) is 0 Å². The standard InChI is InChI=1S/C14H19FN2O2/c1-9-7-10(15)4-5-12(9)13(14(16)18)17-8-11-3-2-6-19-11/h4-5,7,11,13,17H,2-3,6,8H2,1H3,(H2,16,18). The summed E-state index contributed by atoms with van der Waals surface area (Å²) in [5.74, 6) is -0.781. The zero-order valence-corrected chi connectivity index (χ0v) is 11.0. The predicted octanol–water partition coefficient (Wildman–Crippen LogP) is 1.43. The normalized spacial score (nSPS) is 20.4. The minimum atomic E-state index is -0.607. The molecule has 0 bridgehead atoms. The number of amides is 1. The van der Waals surface area contributed by atoms with Gasteiger partial charge in [0.25, 0.3) is 0 Å². The lowest BCUT2D eigenvalue weighted by Crippen LogP contribution is -2.38. The first-order chi connectivity index (χ1) is 9.08. The average Bonchev–Trinajstić information content (AvgIpc) is 2.84. The minimum Gasteiger partial charge on any atom is -0.377 e. The van der Waals surface area contributed by atoms with Gasteiger partial charge in [0, 0.05) is 13.2 Å². The number of carbonyl (C=O) groups excluding carboxylic acids is 1. The van der Waals surface area contributed by atoms with E-state index in [9.17, 15) is 9.18 Å². The van der Waals surface area contributed by atoms with Gasteiger partial charge >= 0.3 is 0 Å². The van der Waals surface area contributed by atoms with Crippen LogP contribution in [0, 0.1) is 12.7 Å². The quantitative estimate of drug-likeness (QED) is 0.847. The lowest BCUT2D eigenvalue weighted by atomic mass is 10.0. The summed E-state index contributed by atoms with van der Waals surface area (Å²) >= 11 is 0. The number of carbonyl (C=O) groups is 1. The van der Waals surface area contributed by atoms with E-state index in [4.69, 9.17) is 10.5 Å². The molecule has 1 aromatic carbocycles. The molecule has 2 rings (SSSR count). The number of rotatable bonds is 5. The van der Waals surface area contributed by atoms with E-state index < -0.39 is 11.9 Å². The van der Waals surface area contributed by atoms with Crippen LogP contribution in [0.4, 0.5) is 4.39 Å². The van der Waals surface area contributed by atoms with Gasteiger partial charge in [-0.15, -0.1) is 0 Å². The Balaban J connectivity index is 2.08. The highest BCUT2D eigenvalue weighted by Gasteiger charge is 2.22. The van der Waals surface area contributed by atoms with Crippen molar-refractivity contribution >= 4 is 5.91 Å². The Morgan fingerprint density at radius 2 is 2.42 bits per heavy atom. The molecule has 1 saturated heterocycles. The fraction of sp³-hybridized carbons (Fsp3) is 0.500. The molecule has 0 aromatic heterocycles. The van der Waals surface area contributed by atoms with Gasteiger partial charge in [0.2, 0.25) is 5.91 Å². The van der Waals surface area contributed by atoms with Gasteiger partial charge in [-0.05, 0) is 43.0 Å². The third-order valence-electron chi connectivity index (χ3n) is 3.40. The highest BCUT2D eigenvalue weighted by molar-refractivity contribution is 5.81. The molecular weight excluding hydrogens is 247 g/mol. The molecule has 4 nitrogen and oxygen atoms in total. The molecule has 0 radical (unpaired) electrons. The molecule has 2 unspecified atom stereocenters. The summed E-state index contributed by atoms with van der Waals surface area (Å²) in [6.07, 6.45) is 2.16. The molecule has 3 N–H and O–H groups in total. The van der Waals surface area contributed by atoms with Crippen molar-refractivity contribution in [1.29, 1.82) is 0 Å². The Bertz CT molecular complexity index is 459. The Morgan fingerprint density at radius 3 is 3.00 bits per heavy atom. The fourth-order valence-electron chi connectivity index (χ4n) is 2.38. The Kier molecular flexibility index (Phi) is 4.50. The number of hydrogen-bond donors (Lipinski definition) is 2. The van der Waals surface area contributed by atoms with Gasteiger partial charge in [-0.3, -0.25) is 10.1 Å². The van der Waals surface area contributed by atoms with Crippen molar-refractivity contribution in [1.82, 2.24) is 5.32 Å². The van der Waals surface area contributed by atoms with Crippen LogP contribution in [-0.4, -0.2) is 25.2 Å². The zero-order chi connectivity index (χ0) is 13.8. The van der Waals surface area contributed by atoms with Crippen molar-refractivity contribution in [2.75, 3.05) is 13.2 Å². The molecule has 0 spiro atoms. The van der Waals surface area contributed by atoms with Crippen LogP contribution in [0.5, 0.6) is 0 Å². The van der Waals surface area contributed by atoms with Crippen LogP contribution in [0.15, 0.2) is 18.2 Å². The molecular formula is C14H19FN2O2. The summed E-state index contributed by atoms with van der Waals surface area (Å²) < 4.78 is 18.6. The molecule has 1 aliphatic heterocycles. The van der Waals surface area contributed by atoms with Gasteiger partial charge in [-0.2, -0.15) is 0 Å². The molecule has 1 heterocycles. The maximum absolute atomic E-state index is 13.1. The number of halogens is 1. The van der Waals surface area contributed by atoms with Crippen molar-refractivity contribution in [2.45, 2.75) is 31.9 Å². The molecule has 2 atom stereocenters. The van der Waals surface area contributed by atoms with E-state index in [-0.39, 0.29) is 11.9 Å². The fourth-order valence-corrected chi connectivity index (χ4v) is 2.38. The SMILES string of the molecule is Cc1cc(F)ccc1C(NCC1CCCO1)C(N)=O. The number of hydrogen-bond acceptors (Lipinski definition) is 3. The molecule has 1 fully saturated rings. The highest BCUT2D eigenvalue weighted by atomic mass is 19.1. The minimum absolute atomic E-state index is 0.127. The van der Waals surface area contributed by atoms with Crippen molar-refractivity contribution in [2.24, 2.45) is 5.73 Å². The molecule has 1 aliphatic rings. The van der Waals surface area contributed by atoms with E-state index in [1.54, 1.807) is 13.0 Å². The van der Waals surface area contributed by atoms with Gasteiger partial charge in [0.15, 0.2) is 0 Å². The third-order valence-corrected chi connectivity index (χ3v) is 3.40.